The van der Waals surface area contributed by atoms with Crippen LogP contribution < -0.4 is 5.73 Å². The van der Waals surface area contributed by atoms with Crippen molar-refractivity contribution < 1.29 is 0 Å². The van der Waals surface area contributed by atoms with E-state index < -0.39 is 0 Å². The highest BCUT2D eigenvalue weighted by atomic mass is 15.3. The molecule has 0 aromatic carbocycles. The Morgan fingerprint density at radius 3 is 2.63 bits per heavy atom. The van der Waals surface area contributed by atoms with Crippen molar-refractivity contribution in [3.63, 3.8) is 0 Å². The van der Waals surface area contributed by atoms with Gasteiger partial charge < -0.3 is 5.73 Å². The van der Waals surface area contributed by atoms with E-state index in [0.717, 1.165) is 36.3 Å². The molecular formula is C20H25N7. The van der Waals surface area contributed by atoms with E-state index in [9.17, 15) is 0 Å². The molecule has 2 aliphatic heterocycles. The number of rotatable bonds is 2. The van der Waals surface area contributed by atoms with Crippen LogP contribution >= 0.6 is 0 Å². The Balaban J connectivity index is 1.52. The van der Waals surface area contributed by atoms with Gasteiger partial charge in [-0.1, -0.05) is 20.8 Å². The van der Waals surface area contributed by atoms with Crippen molar-refractivity contribution >= 4 is 11.6 Å². The highest BCUT2D eigenvalue weighted by Gasteiger charge is 2.41. The fourth-order valence-corrected chi connectivity index (χ4v) is 4.45. The Morgan fingerprint density at radius 1 is 1.11 bits per heavy atom. The summed E-state index contributed by atoms with van der Waals surface area (Å²) in [4.78, 5) is 15.6. The highest BCUT2D eigenvalue weighted by Crippen LogP contribution is 2.44. The second kappa shape index (κ2) is 5.73. The molecule has 2 aliphatic rings. The quantitative estimate of drug-likeness (QED) is 0.753. The zero-order valence-electron chi connectivity index (χ0n) is 16.1. The molecule has 5 rings (SSSR count). The molecule has 140 valence electrons. The second-order valence-corrected chi connectivity index (χ2v) is 8.78. The molecular weight excluding hydrogens is 338 g/mol. The molecule has 3 aromatic heterocycles. The number of aromatic nitrogens is 5. The average Bonchev–Trinajstić information content (AvgIpc) is 3.18. The van der Waals surface area contributed by atoms with Gasteiger partial charge in [-0.25, -0.2) is 19.5 Å². The number of nitrogen functional groups attached to an aromatic ring is 1. The Hall–Kier alpha value is -2.54. The fourth-order valence-electron chi connectivity index (χ4n) is 4.45. The maximum atomic E-state index is 5.62. The maximum absolute atomic E-state index is 5.62. The third-order valence-corrected chi connectivity index (χ3v) is 5.90. The van der Waals surface area contributed by atoms with E-state index in [4.69, 9.17) is 15.8 Å². The van der Waals surface area contributed by atoms with E-state index in [1.165, 1.54) is 17.7 Å². The van der Waals surface area contributed by atoms with Gasteiger partial charge in [0.2, 0.25) is 5.95 Å². The van der Waals surface area contributed by atoms with Crippen LogP contribution in [0.1, 0.15) is 62.2 Å². The minimum atomic E-state index is 0.0232. The maximum Gasteiger partial charge on any atom is 0.219 e. The monoisotopic (exact) mass is 363 g/mol. The minimum absolute atomic E-state index is 0.0232. The van der Waals surface area contributed by atoms with Crippen LogP contribution in [0.5, 0.6) is 0 Å². The first kappa shape index (κ1) is 16.6. The van der Waals surface area contributed by atoms with Gasteiger partial charge in [-0.15, -0.1) is 0 Å². The molecule has 27 heavy (non-hydrogen) atoms. The molecule has 0 amide bonds. The van der Waals surface area contributed by atoms with Crippen LogP contribution in [0.25, 0.3) is 5.65 Å². The lowest BCUT2D eigenvalue weighted by atomic mass is 9.93. The van der Waals surface area contributed by atoms with Crippen molar-refractivity contribution in [3.05, 3.63) is 47.2 Å². The number of anilines is 1. The number of hydrogen-bond donors (Lipinski definition) is 1. The topological polar surface area (TPSA) is 85.2 Å². The van der Waals surface area contributed by atoms with Crippen molar-refractivity contribution in [2.45, 2.75) is 64.1 Å². The van der Waals surface area contributed by atoms with Crippen LogP contribution in [-0.2, 0) is 18.4 Å². The SMILES string of the molecule is CC(C)(C)c1cc2ncc3c(n2n1)C[C@H]1CC[C@H]3N1Cc1cnc(N)nc1. The van der Waals surface area contributed by atoms with Gasteiger partial charge in [0.1, 0.15) is 0 Å². The molecule has 1 saturated heterocycles. The molecule has 1 fully saturated rings. The molecule has 0 spiro atoms. The summed E-state index contributed by atoms with van der Waals surface area (Å²) >= 11 is 0. The first-order chi connectivity index (χ1) is 12.9. The molecule has 2 bridgehead atoms. The summed E-state index contributed by atoms with van der Waals surface area (Å²) in [6.45, 7) is 7.43. The summed E-state index contributed by atoms with van der Waals surface area (Å²) in [6, 6.07) is 3.03. The second-order valence-electron chi connectivity index (χ2n) is 8.78. The lowest BCUT2D eigenvalue weighted by Gasteiger charge is -2.36. The zero-order chi connectivity index (χ0) is 18.8. The predicted molar refractivity (Wildman–Crippen MR) is 103 cm³/mol. The lowest BCUT2D eigenvalue weighted by Crippen LogP contribution is -2.38. The van der Waals surface area contributed by atoms with Gasteiger partial charge in [0, 0.05) is 66.2 Å². The summed E-state index contributed by atoms with van der Waals surface area (Å²) in [5.41, 5.74) is 11.4. The molecule has 2 atom stereocenters. The van der Waals surface area contributed by atoms with Crippen LogP contribution in [0, 0.1) is 0 Å². The average molecular weight is 363 g/mol. The number of fused-ring (bicyclic) bond motifs is 6. The van der Waals surface area contributed by atoms with Crippen LogP contribution in [0.4, 0.5) is 5.95 Å². The van der Waals surface area contributed by atoms with Gasteiger partial charge >= 0.3 is 0 Å². The molecule has 7 heteroatoms. The third kappa shape index (κ3) is 2.68. The van der Waals surface area contributed by atoms with Crippen molar-refractivity contribution in [2.24, 2.45) is 0 Å². The molecule has 2 N–H and O–H groups in total. The van der Waals surface area contributed by atoms with Gasteiger partial charge in [-0.2, -0.15) is 5.10 Å². The van der Waals surface area contributed by atoms with Crippen molar-refractivity contribution in [2.75, 3.05) is 5.73 Å². The van der Waals surface area contributed by atoms with Gasteiger partial charge in [0.05, 0.1) is 11.4 Å². The summed E-state index contributed by atoms with van der Waals surface area (Å²) in [5.74, 6) is 0.325. The summed E-state index contributed by atoms with van der Waals surface area (Å²) in [6.07, 6.45) is 9.10. The number of nitrogens with zero attached hydrogens (tertiary/aromatic N) is 6. The minimum Gasteiger partial charge on any atom is -0.368 e. The number of nitrogens with two attached hydrogens (primary N) is 1. The number of hydrogen-bond acceptors (Lipinski definition) is 6. The van der Waals surface area contributed by atoms with Crippen LogP contribution in [0.3, 0.4) is 0 Å². The summed E-state index contributed by atoms with van der Waals surface area (Å²) in [5, 5.41) is 4.91. The Bertz CT molecular complexity index is 1000. The standard InChI is InChI=1S/C20H25N7/c1-20(2,3)17-7-18-22-10-14-15-5-4-13(6-16(14)27(18)25-17)26(15)11-12-8-23-19(21)24-9-12/h7-10,13,15H,4-6,11H2,1-3H3,(H2,21,23,24)/t13-,15-/m1/s1. The van der Waals surface area contributed by atoms with E-state index in [0.29, 0.717) is 18.0 Å². The Morgan fingerprint density at radius 2 is 1.89 bits per heavy atom. The van der Waals surface area contributed by atoms with Crippen LogP contribution in [-0.4, -0.2) is 35.5 Å². The first-order valence-corrected chi connectivity index (χ1v) is 9.60. The van der Waals surface area contributed by atoms with E-state index in [2.05, 4.69) is 52.4 Å². The predicted octanol–water partition coefficient (Wildman–Crippen LogP) is 2.66. The van der Waals surface area contributed by atoms with Gasteiger partial charge in [-0.05, 0) is 12.8 Å². The highest BCUT2D eigenvalue weighted by molar-refractivity contribution is 5.45. The normalized spacial score (nSPS) is 22.3. The van der Waals surface area contributed by atoms with Crippen LogP contribution in [0.15, 0.2) is 24.7 Å². The third-order valence-electron chi connectivity index (χ3n) is 5.90. The largest absolute Gasteiger partial charge is 0.368 e. The van der Waals surface area contributed by atoms with Crippen molar-refractivity contribution in [1.29, 1.82) is 0 Å². The van der Waals surface area contributed by atoms with Gasteiger partial charge in [-0.3, -0.25) is 4.90 Å². The van der Waals surface area contributed by atoms with E-state index in [1.807, 2.05) is 12.4 Å². The molecule has 0 unspecified atom stereocenters. The van der Waals surface area contributed by atoms with Crippen molar-refractivity contribution in [3.8, 4) is 0 Å². The van der Waals surface area contributed by atoms with Gasteiger partial charge in [0.15, 0.2) is 5.65 Å². The zero-order valence-corrected chi connectivity index (χ0v) is 16.1. The lowest BCUT2D eigenvalue weighted by molar-refractivity contribution is 0.164. The summed E-state index contributed by atoms with van der Waals surface area (Å²) < 4.78 is 2.09. The van der Waals surface area contributed by atoms with Crippen LogP contribution in [0.2, 0.25) is 0 Å². The van der Waals surface area contributed by atoms with Crippen molar-refractivity contribution in [1.82, 2.24) is 29.5 Å². The molecule has 0 aliphatic carbocycles. The first-order valence-electron chi connectivity index (χ1n) is 9.60. The summed E-state index contributed by atoms with van der Waals surface area (Å²) in [7, 11) is 0. The van der Waals surface area contributed by atoms with E-state index in [-0.39, 0.29) is 5.41 Å². The Labute approximate surface area is 158 Å². The Kier molecular flexibility index (Phi) is 3.53. The molecule has 7 nitrogen and oxygen atoms in total. The van der Waals surface area contributed by atoms with E-state index >= 15 is 0 Å². The van der Waals surface area contributed by atoms with Gasteiger partial charge in [0.25, 0.3) is 0 Å². The van der Waals surface area contributed by atoms with E-state index in [1.54, 1.807) is 0 Å². The molecule has 0 saturated carbocycles. The molecule has 3 aromatic rings. The molecule has 5 heterocycles. The molecule has 0 radical (unpaired) electrons. The fraction of sp³-hybridized carbons (Fsp3) is 0.500. The smallest absolute Gasteiger partial charge is 0.219 e.